The largest absolute Gasteiger partial charge is 0.377 e. The number of aryl methyl sites for hydroxylation is 2. The fraction of sp³-hybridized carbons (Fsp3) is 0.600. The van der Waals surface area contributed by atoms with Crippen molar-refractivity contribution in [2.45, 2.75) is 43.6 Å². The Morgan fingerprint density at radius 1 is 1.33 bits per heavy atom. The first-order valence-corrected chi connectivity index (χ1v) is 7.88. The van der Waals surface area contributed by atoms with Crippen LogP contribution >= 0.6 is 11.8 Å². The van der Waals surface area contributed by atoms with Crippen LogP contribution in [0.1, 0.15) is 30.9 Å². The van der Waals surface area contributed by atoms with Gasteiger partial charge in [-0.05, 0) is 55.9 Å². The molecule has 0 bridgehead atoms. The van der Waals surface area contributed by atoms with Crippen molar-refractivity contribution in [2.75, 3.05) is 18.9 Å². The minimum absolute atomic E-state index is 0.219. The van der Waals surface area contributed by atoms with Crippen molar-refractivity contribution in [3.05, 3.63) is 29.3 Å². The van der Waals surface area contributed by atoms with Gasteiger partial charge in [0.25, 0.3) is 0 Å². The van der Waals surface area contributed by atoms with Crippen molar-refractivity contribution in [3.8, 4) is 0 Å². The molecule has 0 fully saturated rings. The average Bonchev–Trinajstić information content (AvgIpc) is 2.85. The van der Waals surface area contributed by atoms with Gasteiger partial charge >= 0.3 is 0 Å². The zero-order chi connectivity index (χ0) is 12.8. The molecular formula is C15H23NOS. The molecule has 2 nitrogen and oxygen atoms in total. The Bertz CT molecular complexity index is 381. The van der Waals surface area contributed by atoms with Crippen LogP contribution in [0.3, 0.4) is 0 Å². The van der Waals surface area contributed by atoms with Crippen molar-refractivity contribution in [1.29, 1.82) is 0 Å². The van der Waals surface area contributed by atoms with Crippen molar-refractivity contribution >= 4 is 11.8 Å². The van der Waals surface area contributed by atoms with E-state index >= 15 is 0 Å². The normalized spacial score (nSPS) is 15.7. The van der Waals surface area contributed by atoms with E-state index in [9.17, 15) is 0 Å². The van der Waals surface area contributed by atoms with Crippen LogP contribution < -0.4 is 5.73 Å². The summed E-state index contributed by atoms with van der Waals surface area (Å²) in [6.45, 7) is 3.40. The monoisotopic (exact) mass is 265 g/mol. The summed E-state index contributed by atoms with van der Waals surface area (Å²) in [5, 5.41) is 0. The number of hydrogen-bond acceptors (Lipinski definition) is 3. The molecule has 0 spiro atoms. The van der Waals surface area contributed by atoms with Crippen LogP contribution in [0.2, 0.25) is 0 Å². The molecular weight excluding hydrogens is 242 g/mol. The lowest BCUT2D eigenvalue weighted by atomic mass is 10.1. The summed E-state index contributed by atoms with van der Waals surface area (Å²) in [5.74, 6) is 1.08. The van der Waals surface area contributed by atoms with Crippen LogP contribution in [0.25, 0.3) is 0 Å². The van der Waals surface area contributed by atoms with Crippen LogP contribution in [0.15, 0.2) is 23.1 Å². The molecule has 0 aliphatic heterocycles. The second-order valence-corrected chi connectivity index (χ2v) is 5.90. The highest BCUT2D eigenvalue weighted by Gasteiger charge is 2.11. The van der Waals surface area contributed by atoms with Crippen LogP contribution in [-0.2, 0) is 17.6 Å². The fourth-order valence-electron chi connectivity index (χ4n) is 2.45. The third-order valence-corrected chi connectivity index (χ3v) is 4.47. The molecule has 3 heteroatoms. The topological polar surface area (TPSA) is 35.2 Å². The van der Waals surface area contributed by atoms with Crippen LogP contribution in [0.5, 0.6) is 0 Å². The molecule has 0 heterocycles. The van der Waals surface area contributed by atoms with E-state index in [1.807, 2.05) is 18.7 Å². The molecule has 1 aromatic carbocycles. The molecule has 0 aromatic heterocycles. The molecule has 2 N–H and O–H groups in total. The molecule has 1 unspecified atom stereocenters. The number of hydrogen-bond donors (Lipinski definition) is 1. The summed E-state index contributed by atoms with van der Waals surface area (Å²) in [6, 6.07) is 6.92. The molecule has 0 saturated heterocycles. The molecule has 18 heavy (non-hydrogen) atoms. The molecule has 1 atom stereocenters. The first-order chi connectivity index (χ1) is 8.83. The van der Waals surface area contributed by atoms with Crippen LogP contribution in [0.4, 0.5) is 0 Å². The van der Waals surface area contributed by atoms with Gasteiger partial charge in [-0.25, -0.2) is 0 Å². The third kappa shape index (κ3) is 3.74. The molecule has 0 saturated carbocycles. The highest BCUT2D eigenvalue weighted by Crippen LogP contribution is 2.28. The molecule has 1 aliphatic carbocycles. The van der Waals surface area contributed by atoms with E-state index in [1.165, 1.54) is 24.2 Å². The van der Waals surface area contributed by atoms with Gasteiger partial charge in [0.2, 0.25) is 0 Å². The second-order valence-electron chi connectivity index (χ2n) is 4.73. The maximum Gasteiger partial charge on any atom is 0.0705 e. The van der Waals surface area contributed by atoms with Crippen LogP contribution in [0, 0.1) is 0 Å². The Balaban J connectivity index is 1.79. The third-order valence-electron chi connectivity index (χ3n) is 3.44. The Morgan fingerprint density at radius 2 is 2.17 bits per heavy atom. The quantitative estimate of drug-likeness (QED) is 0.770. The molecule has 0 radical (unpaired) electrons. The molecule has 1 aliphatic rings. The summed E-state index contributed by atoms with van der Waals surface area (Å²) in [6.07, 6.45) is 5.10. The summed E-state index contributed by atoms with van der Waals surface area (Å²) in [4.78, 5) is 1.39. The summed E-state index contributed by atoms with van der Waals surface area (Å²) < 4.78 is 5.56. The van der Waals surface area contributed by atoms with Crippen molar-refractivity contribution < 1.29 is 4.74 Å². The Morgan fingerprint density at radius 3 is 2.94 bits per heavy atom. The number of thioether (sulfide) groups is 1. The van der Waals surface area contributed by atoms with Gasteiger partial charge < -0.3 is 10.5 Å². The lowest BCUT2D eigenvalue weighted by Gasteiger charge is -2.14. The van der Waals surface area contributed by atoms with E-state index in [0.29, 0.717) is 6.54 Å². The smallest absolute Gasteiger partial charge is 0.0705 e. The van der Waals surface area contributed by atoms with E-state index in [-0.39, 0.29) is 6.10 Å². The molecule has 0 amide bonds. The lowest BCUT2D eigenvalue weighted by molar-refractivity contribution is 0.0674. The minimum Gasteiger partial charge on any atom is -0.377 e. The van der Waals surface area contributed by atoms with Gasteiger partial charge in [0.05, 0.1) is 6.10 Å². The Hall–Kier alpha value is -0.510. The predicted octanol–water partition coefficient (Wildman–Crippen LogP) is 3.02. The van der Waals surface area contributed by atoms with E-state index in [1.54, 1.807) is 11.1 Å². The zero-order valence-corrected chi connectivity index (χ0v) is 12.0. The van der Waals surface area contributed by atoms with Gasteiger partial charge in [0, 0.05) is 23.8 Å². The number of ether oxygens (including phenoxy) is 1. The van der Waals surface area contributed by atoms with Crippen molar-refractivity contribution in [3.63, 3.8) is 0 Å². The first kappa shape index (κ1) is 13.9. The average molecular weight is 265 g/mol. The SMILES string of the molecule is CCOC(CN)CCSc1ccc2c(c1)CCC2. The minimum atomic E-state index is 0.219. The zero-order valence-electron chi connectivity index (χ0n) is 11.2. The van der Waals surface area contributed by atoms with Gasteiger partial charge in [-0.15, -0.1) is 11.8 Å². The maximum atomic E-state index is 5.68. The van der Waals surface area contributed by atoms with Gasteiger partial charge in [-0.1, -0.05) is 6.07 Å². The maximum absolute atomic E-state index is 5.68. The molecule has 2 rings (SSSR count). The highest BCUT2D eigenvalue weighted by atomic mass is 32.2. The van der Waals surface area contributed by atoms with Crippen molar-refractivity contribution in [1.82, 2.24) is 0 Å². The lowest BCUT2D eigenvalue weighted by Crippen LogP contribution is -2.24. The molecule has 100 valence electrons. The molecule has 1 aromatic rings. The number of nitrogens with two attached hydrogens (primary N) is 1. The summed E-state index contributed by atoms with van der Waals surface area (Å²) in [7, 11) is 0. The first-order valence-electron chi connectivity index (χ1n) is 6.89. The number of benzene rings is 1. The van der Waals surface area contributed by atoms with Crippen molar-refractivity contribution in [2.24, 2.45) is 5.73 Å². The van der Waals surface area contributed by atoms with E-state index in [0.717, 1.165) is 18.8 Å². The number of rotatable bonds is 7. The van der Waals surface area contributed by atoms with E-state index < -0.39 is 0 Å². The van der Waals surface area contributed by atoms with Gasteiger partial charge in [-0.2, -0.15) is 0 Å². The Labute approximate surface area is 114 Å². The summed E-state index contributed by atoms with van der Waals surface area (Å²) in [5.41, 5.74) is 8.78. The van der Waals surface area contributed by atoms with E-state index in [4.69, 9.17) is 10.5 Å². The summed E-state index contributed by atoms with van der Waals surface area (Å²) >= 11 is 1.92. The van der Waals surface area contributed by atoms with E-state index in [2.05, 4.69) is 18.2 Å². The Kier molecular flexibility index (Phi) is 5.54. The fourth-order valence-corrected chi connectivity index (χ4v) is 3.46. The second kappa shape index (κ2) is 7.17. The standard InChI is InChI=1S/C15H23NOS/c1-2-17-14(11-16)8-9-18-15-7-6-12-4-3-5-13(12)10-15/h6-7,10,14H,2-5,8-9,11,16H2,1H3. The van der Waals surface area contributed by atoms with Gasteiger partial charge in [-0.3, -0.25) is 0 Å². The number of fused-ring (bicyclic) bond motifs is 1. The highest BCUT2D eigenvalue weighted by molar-refractivity contribution is 7.99. The van der Waals surface area contributed by atoms with Crippen LogP contribution in [-0.4, -0.2) is 25.0 Å². The van der Waals surface area contributed by atoms with Gasteiger partial charge in [0.15, 0.2) is 0 Å². The predicted molar refractivity (Wildman–Crippen MR) is 78.3 cm³/mol. The van der Waals surface area contributed by atoms with Gasteiger partial charge in [0.1, 0.15) is 0 Å².